The highest BCUT2D eigenvalue weighted by Gasteiger charge is 2.15. The number of phenols is 1. The molecule has 0 saturated carbocycles. The zero-order valence-corrected chi connectivity index (χ0v) is 18.5. The summed E-state index contributed by atoms with van der Waals surface area (Å²) in [5.41, 5.74) is 4.14. The molecule has 166 valence electrons. The van der Waals surface area contributed by atoms with Gasteiger partial charge in [-0.15, -0.1) is 0 Å². The third-order valence-electron chi connectivity index (χ3n) is 4.70. The molecule has 0 spiro atoms. The SMILES string of the molecule is COc1ccc(-n2c(SCC(=O)N/N=C\c3ccc(O)cc3)nc3ccccc3c2=O)cc1. The summed E-state index contributed by atoms with van der Waals surface area (Å²) < 4.78 is 6.69. The van der Waals surface area contributed by atoms with Crippen LogP contribution in [0.4, 0.5) is 0 Å². The van der Waals surface area contributed by atoms with Crippen molar-refractivity contribution in [2.75, 3.05) is 12.9 Å². The van der Waals surface area contributed by atoms with E-state index in [-0.39, 0.29) is 23.0 Å². The Labute approximate surface area is 193 Å². The maximum absolute atomic E-state index is 13.2. The molecule has 0 bridgehead atoms. The maximum Gasteiger partial charge on any atom is 0.266 e. The predicted octanol–water partition coefficient (Wildman–Crippen LogP) is 3.34. The molecule has 2 N–H and O–H groups in total. The fraction of sp³-hybridized carbons (Fsp3) is 0.0833. The van der Waals surface area contributed by atoms with Gasteiger partial charge < -0.3 is 9.84 Å². The molecule has 0 unspecified atom stereocenters. The number of aromatic hydroxyl groups is 1. The van der Waals surface area contributed by atoms with Gasteiger partial charge in [-0.25, -0.2) is 10.4 Å². The van der Waals surface area contributed by atoms with Crippen molar-refractivity contribution >= 4 is 34.8 Å². The van der Waals surface area contributed by atoms with Gasteiger partial charge in [-0.2, -0.15) is 5.10 Å². The van der Waals surface area contributed by atoms with E-state index in [9.17, 15) is 14.7 Å². The lowest BCUT2D eigenvalue weighted by Crippen LogP contribution is -2.24. The Morgan fingerprint density at radius 3 is 2.58 bits per heavy atom. The number of rotatable bonds is 7. The van der Waals surface area contributed by atoms with Crippen LogP contribution in [0, 0.1) is 0 Å². The van der Waals surface area contributed by atoms with E-state index in [2.05, 4.69) is 15.5 Å². The molecule has 3 aromatic carbocycles. The summed E-state index contributed by atoms with van der Waals surface area (Å²) in [5.74, 6) is 0.478. The minimum Gasteiger partial charge on any atom is -0.508 e. The second kappa shape index (κ2) is 10.0. The number of thioether (sulfide) groups is 1. The predicted molar refractivity (Wildman–Crippen MR) is 128 cm³/mol. The van der Waals surface area contributed by atoms with Crippen LogP contribution in [0.2, 0.25) is 0 Å². The number of hydrogen-bond donors (Lipinski definition) is 2. The highest BCUT2D eigenvalue weighted by Crippen LogP contribution is 2.22. The molecule has 33 heavy (non-hydrogen) atoms. The molecule has 8 nitrogen and oxygen atoms in total. The summed E-state index contributed by atoms with van der Waals surface area (Å²) in [6.07, 6.45) is 1.48. The van der Waals surface area contributed by atoms with Crippen LogP contribution in [0.25, 0.3) is 16.6 Å². The standard InChI is InChI=1S/C24H20N4O4S/c1-32-19-12-8-17(9-13-19)28-23(31)20-4-2-3-5-21(20)26-24(28)33-15-22(30)27-25-14-16-6-10-18(29)11-7-16/h2-14,29H,15H2,1H3,(H,27,30)/b25-14-. The molecule has 0 atom stereocenters. The molecule has 9 heteroatoms. The van der Waals surface area contributed by atoms with Crippen molar-refractivity contribution in [1.29, 1.82) is 0 Å². The second-order valence-corrected chi connectivity index (χ2v) is 7.87. The molecule has 0 saturated heterocycles. The number of ether oxygens (including phenoxy) is 1. The van der Waals surface area contributed by atoms with Gasteiger partial charge in [-0.3, -0.25) is 14.2 Å². The van der Waals surface area contributed by atoms with Gasteiger partial charge in [0.25, 0.3) is 11.5 Å². The third-order valence-corrected chi connectivity index (χ3v) is 5.64. The minimum atomic E-state index is -0.348. The van der Waals surface area contributed by atoms with E-state index < -0.39 is 0 Å². The summed E-state index contributed by atoms with van der Waals surface area (Å²) in [6.45, 7) is 0. The first-order valence-electron chi connectivity index (χ1n) is 9.95. The van der Waals surface area contributed by atoms with Crippen LogP contribution in [0.1, 0.15) is 5.56 Å². The Bertz CT molecular complexity index is 1370. The number of para-hydroxylation sites is 1. The molecular weight excluding hydrogens is 440 g/mol. The third kappa shape index (κ3) is 5.21. The van der Waals surface area contributed by atoms with Crippen molar-refractivity contribution in [2.45, 2.75) is 5.16 Å². The molecule has 0 aliphatic carbocycles. The van der Waals surface area contributed by atoms with Crippen LogP contribution in [0.3, 0.4) is 0 Å². The summed E-state index contributed by atoms with van der Waals surface area (Å²) in [6, 6.07) is 20.6. The summed E-state index contributed by atoms with van der Waals surface area (Å²) in [7, 11) is 1.57. The monoisotopic (exact) mass is 460 g/mol. The van der Waals surface area contributed by atoms with Gasteiger partial charge in [0.2, 0.25) is 0 Å². The van der Waals surface area contributed by atoms with E-state index in [1.54, 1.807) is 61.7 Å². The number of hydrazone groups is 1. The topological polar surface area (TPSA) is 106 Å². The average molecular weight is 461 g/mol. The molecular formula is C24H20N4O4S. The van der Waals surface area contributed by atoms with Crippen molar-refractivity contribution in [3.05, 3.63) is 88.7 Å². The fourth-order valence-electron chi connectivity index (χ4n) is 3.07. The first kappa shape index (κ1) is 22.1. The molecule has 1 heterocycles. The van der Waals surface area contributed by atoms with Crippen molar-refractivity contribution < 1.29 is 14.6 Å². The first-order chi connectivity index (χ1) is 16.0. The zero-order valence-electron chi connectivity index (χ0n) is 17.6. The summed E-state index contributed by atoms with van der Waals surface area (Å²) >= 11 is 1.14. The van der Waals surface area contributed by atoms with Gasteiger partial charge in [0.15, 0.2) is 5.16 Å². The smallest absolute Gasteiger partial charge is 0.266 e. The normalized spacial score (nSPS) is 11.1. The van der Waals surface area contributed by atoms with Gasteiger partial charge in [0, 0.05) is 0 Å². The number of methoxy groups -OCH3 is 1. The molecule has 0 radical (unpaired) electrons. The van der Waals surface area contributed by atoms with Crippen LogP contribution < -0.4 is 15.7 Å². The van der Waals surface area contributed by atoms with E-state index in [0.29, 0.717) is 27.5 Å². The van der Waals surface area contributed by atoms with E-state index in [1.807, 2.05) is 6.07 Å². The zero-order chi connectivity index (χ0) is 23.2. The highest BCUT2D eigenvalue weighted by molar-refractivity contribution is 7.99. The minimum absolute atomic E-state index is 0.00779. The lowest BCUT2D eigenvalue weighted by Gasteiger charge is -2.13. The lowest BCUT2D eigenvalue weighted by atomic mass is 10.2. The van der Waals surface area contributed by atoms with Crippen LogP contribution in [-0.4, -0.2) is 39.6 Å². The van der Waals surface area contributed by atoms with Gasteiger partial charge >= 0.3 is 0 Å². The Morgan fingerprint density at radius 1 is 1.12 bits per heavy atom. The van der Waals surface area contributed by atoms with Crippen molar-refractivity contribution in [1.82, 2.24) is 15.0 Å². The Morgan fingerprint density at radius 2 is 1.85 bits per heavy atom. The number of nitrogens with zero attached hydrogens (tertiary/aromatic N) is 3. The van der Waals surface area contributed by atoms with E-state index in [1.165, 1.54) is 22.9 Å². The van der Waals surface area contributed by atoms with Crippen molar-refractivity contribution in [3.8, 4) is 17.2 Å². The van der Waals surface area contributed by atoms with Crippen LogP contribution >= 0.6 is 11.8 Å². The molecule has 1 aromatic heterocycles. The van der Waals surface area contributed by atoms with Gasteiger partial charge in [-0.1, -0.05) is 23.9 Å². The molecule has 0 aliphatic rings. The molecule has 0 fully saturated rings. The highest BCUT2D eigenvalue weighted by atomic mass is 32.2. The number of aromatic nitrogens is 2. The first-order valence-corrected chi connectivity index (χ1v) is 10.9. The number of amides is 1. The number of hydrogen-bond acceptors (Lipinski definition) is 7. The molecule has 4 rings (SSSR count). The van der Waals surface area contributed by atoms with Crippen molar-refractivity contribution in [2.24, 2.45) is 5.10 Å². The van der Waals surface area contributed by atoms with Crippen LogP contribution in [0.5, 0.6) is 11.5 Å². The molecule has 4 aromatic rings. The lowest BCUT2D eigenvalue weighted by molar-refractivity contribution is -0.118. The molecule has 1 amide bonds. The number of benzene rings is 3. The number of carbonyl (C=O) groups excluding carboxylic acids is 1. The summed E-state index contributed by atoms with van der Waals surface area (Å²) in [4.78, 5) is 30.2. The number of phenolic OH excluding ortho intramolecular Hbond substituents is 1. The van der Waals surface area contributed by atoms with Gasteiger partial charge in [-0.05, 0) is 66.2 Å². The Hall–Kier alpha value is -4.11. The Kier molecular flexibility index (Phi) is 6.70. The second-order valence-electron chi connectivity index (χ2n) is 6.92. The van der Waals surface area contributed by atoms with E-state index in [0.717, 1.165) is 17.3 Å². The maximum atomic E-state index is 13.2. The number of nitrogens with one attached hydrogen (secondary N) is 1. The van der Waals surface area contributed by atoms with Gasteiger partial charge in [0.05, 0.1) is 35.7 Å². The number of fused-ring (bicyclic) bond motifs is 1. The largest absolute Gasteiger partial charge is 0.508 e. The quantitative estimate of drug-likeness (QED) is 0.190. The van der Waals surface area contributed by atoms with Gasteiger partial charge in [0.1, 0.15) is 11.5 Å². The molecule has 0 aliphatic heterocycles. The van der Waals surface area contributed by atoms with Crippen LogP contribution in [0.15, 0.2) is 87.8 Å². The summed E-state index contributed by atoms with van der Waals surface area (Å²) in [5, 5.41) is 14.1. The fourth-order valence-corrected chi connectivity index (χ4v) is 3.87. The Balaban J connectivity index is 1.56. The number of carbonyl (C=O) groups is 1. The van der Waals surface area contributed by atoms with Crippen LogP contribution in [-0.2, 0) is 4.79 Å². The van der Waals surface area contributed by atoms with E-state index in [4.69, 9.17) is 4.74 Å². The van der Waals surface area contributed by atoms with Crippen molar-refractivity contribution in [3.63, 3.8) is 0 Å². The average Bonchev–Trinajstić information content (AvgIpc) is 2.84. The van der Waals surface area contributed by atoms with E-state index >= 15 is 0 Å².